The van der Waals surface area contributed by atoms with Crippen molar-refractivity contribution in [3.8, 4) is 0 Å². The number of nitrogens with one attached hydrogen (secondary N) is 1. The Morgan fingerprint density at radius 1 is 1.14 bits per heavy atom. The largest absolute Gasteiger partial charge is 0.383 e. The van der Waals surface area contributed by atoms with Crippen molar-refractivity contribution in [2.24, 2.45) is 0 Å². The molecule has 4 rings (SSSR count). The van der Waals surface area contributed by atoms with Crippen LogP contribution in [0.3, 0.4) is 0 Å². The Kier molecular flexibility index (Phi) is 5.71. The van der Waals surface area contributed by atoms with Crippen LogP contribution in [0.25, 0.3) is 0 Å². The van der Waals surface area contributed by atoms with Gasteiger partial charge in [0.25, 0.3) is 11.8 Å². The fourth-order valence-electron chi connectivity index (χ4n) is 3.20. The van der Waals surface area contributed by atoms with Crippen LogP contribution in [0.1, 0.15) is 25.6 Å². The number of nitrogens with zero attached hydrogens (tertiary/aromatic N) is 1. The van der Waals surface area contributed by atoms with Gasteiger partial charge in [0, 0.05) is 29.1 Å². The highest BCUT2D eigenvalue weighted by Gasteiger charge is 2.27. The summed E-state index contributed by atoms with van der Waals surface area (Å²) in [4.78, 5) is 30.0. The maximum absolute atomic E-state index is 13.1. The first-order valence-corrected chi connectivity index (χ1v) is 10.9. The quantitative estimate of drug-likeness (QED) is 0.621. The molecule has 2 heterocycles. The first kappa shape index (κ1) is 19.7. The number of methoxy groups -OCH3 is 1. The van der Waals surface area contributed by atoms with Crippen LogP contribution in [-0.4, -0.2) is 32.1 Å². The molecule has 0 saturated carbocycles. The smallest absolute Gasteiger partial charge is 0.265 e. The summed E-state index contributed by atoms with van der Waals surface area (Å²) in [6.45, 7) is 2.82. The SMILES string of the molecule is COCCN1C(=O)c2ccccc2Sc2cc(NC(=O)c3sccc3C)ccc21. The average molecular weight is 425 g/mol. The summed E-state index contributed by atoms with van der Waals surface area (Å²) in [5.74, 6) is -0.168. The summed E-state index contributed by atoms with van der Waals surface area (Å²) in [7, 11) is 1.62. The first-order valence-electron chi connectivity index (χ1n) is 9.15. The van der Waals surface area contributed by atoms with E-state index in [0.717, 1.165) is 21.0 Å². The van der Waals surface area contributed by atoms with E-state index in [1.54, 1.807) is 12.0 Å². The van der Waals surface area contributed by atoms with Gasteiger partial charge in [0.15, 0.2) is 0 Å². The number of carbonyl (C=O) groups is 2. The number of hydrogen-bond acceptors (Lipinski definition) is 5. The summed E-state index contributed by atoms with van der Waals surface area (Å²) in [5.41, 5.74) is 3.15. The minimum atomic E-state index is -0.121. The Balaban J connectivity index is 1.70. The summed E-state index contributed by atoms with van der Waals surface area (Å²) in [5, 5.41) is 4.89. The van der Waals surface area contributed by atoms with E-state index in [1.165, 1.54) is 23.1 Å². The van der Waals surface area contributed by atoms with E-state index in [1.807, 2.05) is 60.8 Å². The molecule has 148 valence electrons. The second-order valence-corrected chi connectivity index (χ2v) is 8.62. The molecule has 0 aliphatic carbocycles. The normalized spacial score (nSPS) is 12.9. The molecular formula is C22H20N2O3S2. The van der Waals surface area contributed by atoms with E-state index in [-0.39, 0.29) is 11.8 Å². The molecule has 1 aliphatic rings. The van der Waals surface area contributed by atoms with E-state index in [4.69, 9.17) is 4.74 Å². The Bertz CT molecular complexity index is 1080. The molecule has 2 aromatic carbocycles. The number of amides is 2. The summed E-state index contributed by atoms with van der Waals surface area (Å²) in [6.07, 6.45) is 0. The monoisotopic (exact) mass is 424 g/mol. The third-order valence-electron chi connectivity index (χ3n) is 4.68. The average Bonchev–Trinajstić information content (AvgIpc) is 3.11. The highest BCUT2D eigenvalue weighted by atomic mass is 32.2. The van der Waals surface area contributed by atoms with Crippen molar-refractivity contribution in [3.63, 3.8) is 0 Å². The Morgan fingerprint density at radius 2 is 1.97 bits per heavy atom. The van der Waals surface area contributed by atoms with Crippen LogP contribution in [0.5, 0.6) is 0 Å². The van der Waals surface area contributed by atoms with Crippen molar-refractivity contribution >= 4 is 46.3 Å². The predicted octanol–water partition coefficient (Wildman–Crippen LogP) is 5.07. The van der Waals surface area contributed by atoms with Gasteiger partial charge in [0.2, 0.25) is 0 Å². The zero-order valence-corrected chi connectivity index (χ0v) is 17.7. The minimum absolute atomic E-state index is 0.0464. The minimum Gasteiger partial charge on any atom is -0.383 e. The van der Waals surface area contributed by atoms with E-state index >= 15 is 0 Å². The lowest BCUT2D eigenvalue weighted by atomic mass is 10.1. The van der Waals surface area contributed by atoms with Crippen molar-refractivity contribution in [1.29, 1.82) is 0 Å². The standard InChI is InChI=1S/C22H20N2O3S2/c1-14-9-12-28-20(14)21(25)23-15-7-8-17-19(13-15)29-18-6-4-3-5-16(18)22(26)24(17)10-11-27-2/h3-9,12-13H,10-11H2,1-2H3,(H,23,25). The summed E-state index contributed by atoms with van der Waals surface area (Å²) in [6, 6.07) is 15.2. The van der Waals surface area contributed by atoms with Gasteiger partial charge in [-0.15, -0.1) is 11.3 Å². The van der Waals surface area contributed by atoms with Crippen molar-refractivity contribution in [1.82, 2.24) is 0 Å². The first-order chi connectivity index (χ1) is 14.1. The molecule has 0 fully saturated rings. The zero-order chi connectivity index (χ0) is 20.4. The molecule has 0 atom stereocenters. The number of anilines is 2. The van der Waals surface area contributed by atoms with Crippen LogP contribution < -0.4 is 10.2 Å². The number of hydrogen-bond donors (Lipinski definition) is 1. The Morgan fingerprint density at radius 3 is 2.72 bits per heavy atom. The highest BCUT2D eigenvalue weighted by molar-refractivity contribution is 7.99. The lowest BCUT2D eigenvalue weighted by molar-refractivity contribution is 0.0972. The van der Waals surface area contributed by atoms with E-state index in [2.05, 4.69) is 5.32 Å². The Hall–Kier alpha value is -2.61. The van der Waals surface area contributed by atoms with Gasteiger partial charge in [-0.05, 0) is 54.3 Å². The van der Waals surface area contributed by atoms with Crippen LogP contribution in [0.4, 0.5) is 11.4 Å². The van der Waals surface area contributed by atoms with Gasteiger partial charge in [-0.1, -0.05) is 23.9 Å². The number of ether oxygens (including phenoxy) is 1. The number of rotatable bonds is 5. The predicted molar refractivity (Wildman–Crippen MR) is 118 cm³/mol. The van der Waals surface area contributed by atoms with Crippen LogP contribution in [0.2, 0.25) is 0 Å². The molecule has 1 aromatic heterocycles. The molecule has 2 amide bonds. The van der Waals surface area contributed by atoms with Gasteiger partial charge in [-0.2, -0.15) is 0 Å². The van der Waals surface area contributed by atoms with E-state index < -0.39 is 0 Å². The van der Waals surface area contributed by atoms with Gasteiger partial charge in [-0.25, -0.2) is 0 Å². The fourth-order valence-corrected chi connectivity index (χ4v) is 5.14. The number of fused-ring (bicyclic) bond motifs is 2. The maximum Gasteiger partial charge on any atom is 0.265 e. The van der Waals surface area contributed by atoms with Gasteiger partial charge >= 0.3 is 0 Å². The molecule has 7 heteroatoms. The second-order valence-electron chi connectivity index (χ2n) is 6.62. The topological polar surface area (TPSA) is 58.6 Å². The summed E-state index contributed by atoms with van der Waals surface area (Å²) < 4.78 is 5.21. The van der Waals surface area contributed by atoms with Crippen molar-refractivity contribution < 1.29 is 14.3 Å². The zero-order valence-electron chi connectivity index (χ0n) is 16.1. The highest BCUT2D eigenvalue weighted by Crippen LogP contribution is 2.42. The molecule has 0 radical (unpaired) electrons. The van der Waals surface area contributed by atoms with E-state index in [9.17, 15) is 9.59 Å². The van der Waals surface area contributed by atoms with Crippen LogP contribution in [-0.2, 0) is 4.74 Å². The van der Waals surface area contributed by atoms with Crippen molar-refractivity contribution in [2.45, 2.75) is 16.7 Å². The van der Waals surface area contributed by atoms with Gasteiger partial charge in [-0.3, -0.25) is 9.59 Å². The molecule has 0 bridgehead atoms. The van der Waals surface area contributed by atoms with Crippen molar-refractivity contribution in [2.75, 3.05) is 30.5 Å². The van der Waals surface area contributed by atoms with Gasteiger partial charge < -0.3 is 15.0 Å². The van der Waals surface area contributed by atoms with Gasteiger partial charge in [0.05, 0.1) is 22.7 Å². The number of carbonyl (C=O) groups excluding carboxylic acids is 2. The second kappa shape index (κ2) is 8.41. The fraction of sp³-hybridized carbons (Fsp3) is 0.182. The van der Waals surface area contributed by atoms with Crippen LogP contribution in [0, 0.1) is 6.92 Å². The number of benzene rings is 2. The van der Waals surface area contributed by atoms with Gasteiger partial charge in [0.1, 0.15) is 0 Å². The molecular weight excluding hydrogens is 404 g/mol. The summed E-state index contributed by atoms with van der Waals surface area (Å²) >= 11 is 2.96. The molecule has 5 nitrogen and oxygen atoms in total. The van der Waals surface area contributed by atoms with E-state index in [0.29, 0.717) is 29.3 Å². The lowest BCUT2D eigenvalue weighted by Crippen LogP contribution is -2.33. The van der Waals surface area contributed by atoms with Crippen LogP contribution in [0.15, 0.2) is 63.7 Å². The lowest BCUT2D eigenvalue weighted by Gasteiger charge is -2.23. The molecule has 1 aliphatic heterocycles. The molecule has 0 unspecified atom stereocenters. The third kappa shape index (κ3) is 3.94. The Labute approximate surface area is 177 Å². The molecule has 1 N–H and O–H groups in total. The number of aryl methyl sites for hydroxylation is 1. The maximum atomic E-state index is 13.1. The molecule has 3 aromatic rings. The third-order valence-corrected chi connectivity index (χ3v) is 6.82. The molecule has 0 spiro atoms. The molecule has 29 heavy (non-hydrogen) atoms. The molecule has 0 saturated heterocycles. The van der Waals surface area contributed by atoms with Crippen molar-refractivity contribution in [3.05, 3.63) is 69.9 Å². The van der Waals surface area contributed by atoms with Crippen LogP contribution >= 0.6 is 23.1 Å². The number of thiophene rings is 1.